The number of primary amides is 1. The standard InChI is InChI=1S/C9H17N3O3S/c1-4-7(5-10)16(14,15)12-8(6(2)3)9(11)13/h6-8,12H,4H2,1-3H3,(H2,11,13). The number of nitrogens with two attached hydrogens (primary N) is 1. The van der Waals surface area contributed by atoms with Crippen LogP contribution < -0.4 is 10.5 Å². The molecule has 7 heteroatoms. The summed E-state index contributed by atoms with van der Waals surface area (Å²) in [6.45, 7) is 4.93. The maximum atomic E-state index is 11.7. The molecule has 0 spiro atoms. The molecule has 0 aliphatic carbocycles. The van der Waals surface area contributed by atoms with Crippen molar-refractivity contribution in [3.8, 4) is 6.07 Å². The van der Waals surface area contributed by atoms with Gasteiger partial charge in [0.1, 0.15) is 6.04 Å². The summed E-state index contributed by atoms with van der Waals surface area (Å²) in [6, 6.07) is 0.693. The van der Waals surface area contributed by atoms with Crippen LogP contribution >= 0.6 is 0 Å². The topological polar surface area (TPSA) is 113 Å². The Kier molecular flexibility index (Phi) is 5.41. The van der Waals surface area contributed by atoms with E-state index in [2.05, 4.69) is 4.72 Å². The number of nitrogens with zero attached hydrogens (tertiary/aromatic N) is 1. The first-order valence-corrected chi connectivity index (χ1v) is 6.51. The fraction of sp³-hybridized carbons (Fsp3) is 0.778. The first-order valence-electron chi connectivity index (χ1n) is 4.96. The molecule has 0 aliphatic heterocycles. The van der Waals surface area contributed by atoms with Gasteiger partial charge in [0.15, 0.2) is 5.25 Å². The molecule has 2 atom stereocenters. The maximum Gasteiger partial charge on any atom is 0.235 e. The fourth-order valence-corrected chi connectivity index (χ4v) is 2.65. The summed E-state index contributed by atoms with van der Waals surface area (Å²) < 4.78 is 25.5. The molecular formula is C9H17N3O3S. The Morgan fingerprint density at radius 3 is 2.25 bits per heavy atom. The molecule has 0 fully saturated rings. The predicted molar refractivity (Wildman–Crippen MR) is 59.6 cm³/mol. The summed E-state index contributed by atoms with van der Waals surface area (Å²) in [5.74, 6) is -1.00. The van der Waals surface area contributed by atoms with Crippen LogP contribution in [0.15, 0.2) is 0 Å². The van der Waals surface area contributed by atoms with Crippen molar-refractivity contribution in [3.05, 3.63) is 0 Å². The number of carbonyl (C=O) groups is 1. The molecule has 16 heavy (non-hydrogen) atoms. The summed E-state index contributed by atoms with van der Waals surface area (Å²) >= 11 is 0. The Labute approximate surface area is 95.9 Å². The summed E-state index contributed by atoms with van der Waals surface area (Å²) in [6.07, 6.45) is 0.162. The third-order valence-corrected chi connectivity index (χ3v) is 3.92. The number of nitriles is 1. The molecule has 0 rings (SSSR count). The molecule has 0 radical (unpaired) electrons. The lowest BCUT2D eigenvalue weighted by Gasteiger charge is -2.20. The van der Waals surface area contributed by atoms with Crippen molar-refractivity contribution in [3.63, 3.8) is 0 Å². The average molecular weight is 247 g/mol. The van der Waals surface area contributed by atoms with Gasteiger partial charge in [-0.15, -0.1) is 0 Å². The second kappa shape index (κ2) is 5.82. The minimum Gasteiger partial charge on any atom is -0.368 e. The van der Waals surface area contributed by atoms with E-state index in [9.17, 15) is 13.2 Å². The van der Waals surface area contributed by atoms with Gasteiger partial charge in [-0.25, -0.2) is 13.1 Å². The molecular weight excluding hydrogens is 230 g/mol. The number of hydrogen-bond acceptors (Lipinski definition) is 4. The van der Waals surface area contributed by atoms with Gasteiger partial charge in [-0.1, -0.05) is 20.8 Å². The Morgan fingerprint density at radius 2 is 2.00 bits per heavy atom. The molecule has 0 aliphatic rings. The third kappa shape index (κ3) is 3.79. The molecule has 0 aromatic carbocycles. The Bertz CT molecular complexity index is 383. The molecule has 0 aromatic rings. The van der Waals surface area contributed by atoms with E-state index in [4.69, 9.17) is 11.0 Å². The van der Waals surface area contributed by atoms with Crippen LogP contribution in [0.25, 0.3) is 0 Å². The molecule has 0 saturated carbocycles. The van der Waals surface area contributed by atoms with Crippen LogP contribution in [0.5, 0.6) is 0 Å². The number of carbonyl (C=O) groups excluding carboxylic acids is 1. The summed E-state index contributed by atoms with van der Waals surface area (Å²) in [7, 11) is -3.82. The van der Waals surface area contributed by atoms with Crippen molar-refractivity contribution < 1.29 is 13.2 Å². The zero-order valence-corrected chi connectivity index (χ0v) is 10.4. The minimum atomic E-state index is -3.82. The molecule has 0 bridgehead atoms. The lowest BCUT2D eigenvalue weighted by molar-refractivity contribution is -0.120. The van der Waals surface area contributed by atoms with E-state index < -0.39 is 27.2 Å². The van der Waals surface area contributed by atoms with Gasteiger partial charge in [0.25, 0.3) is 0 Å². The van der Waals surface area contributed by atoms with Gasteiger partial charge in [0.2, 0.25) is 15.9 Å². The van der Waals surface area contributed by atoms with Gasteiger partial charge < -0.3 is 5.73 Å². The Hall–Kier alpha value is -1.13. The zero-order valence-electron chi connectivity index (χ0n) is 9.60. The van der Waals surface area contributed by atoms with E-state index in [-0.39, 0.29) is 12.3 Å². The average Bonchev–Trinajstić information content (AvgIpc) is 2.14. The highest BCUT2D eigenvalue weighted by atomic mass is 32.2. The summed E-state index contributed by atoms with van der Waals surface area (Å²) in [5, 5.41) is 7.51. The van der Waals surface area contributed by atoms with E-state index >= 15 is 0 Å². The van der Waals surface area contributed by atoms with Crippen molar-refractivity contribution >= 4 is 15.9 Å². The number of hydrogen-bond donors (Lipinski definition) is 2. The van der Waals surface area contributed by atoms with Crippen LogP contribution in [0.3, 0.4) is 0 Å². The third-order valence-electron chi connectivity index (χ3n) is 2.15. The second-order valence-electron chi connectivity index (χ2n) is 3.81. The molecule has 3 N–H and O–H groups in total. The highest BCUT2D eigenvalue weighted by molar-refractivity contribution is 7.90. The SMILES string of the molecule is CCC(C#N)S(=O)(=O)NC(C(N)=O)C(C)C. The number of rotatable bonds is 6. The van der Waals surface area contributed by atoms with Crippen molar-refractivity contribution in [2.75, 3.05) is 0 Å². The largest absolute Gasteiger partial charge is 0.368 e. The number of nitrogens with one attached hydrogen (secondary N) is 1. The molecule has 2 unspecified atom stereocenters. The molecule has 92 valence electrons. The molecule has 6 nitrogen and oxygen atoms in total. The minimum absolute atomic E-state index is 0.162. The molecule has 0 aromatic heterocycles. The maximum absolute atomic E-state index is 11.7. The van der Waals surface area contributed by atoms with Crippen molar-refractivity contribution in [1.29, 1.82) is 5.26 Å². The molecule has 0 heterocycles. The van der Waals surface area contributed by atoms with Crippen molar-refractivity contribution in [2.45, 2.75) is 38.5 Å². The second-order valence-corrected chi connectivity index (χ2v) is 5.71. The fourth-order valence-electron chi connectivity index (χ4n) is 1.16. The van der Waals surface area contributed by atoms with E-state index in [1.807, 2.05) is 0 Å². The van der Waals surface area contributed by atoms with Crippen LogP contribution in [0.1, 0.15) is 27.2 Å². The van der Waals surface area contributed by atoms with Crippen LogP contribution in [0.4, 0.5) is 0 Å². The van der Waals surface area contributed by atoms with Gasteiger partial charge in [-0.2, -0.15) is 5.26 Å². The van der Waals surface area contributed by atoms with Crippen LogP contribution in [0, 0.1) is 17.2 Å². The van der Waals surface area contributed by atoms with Gasteiger partial charge in [0, 0.05) is 0 Å². The van der Waals surface area contributed by atoms with E-state index in [0.29, 0.717) is 0 Å². The quantitative estimate of drug-likeness (QED) is 0.671. The predicted octanol–water partition coefficient (Wildman–Crippen LogP) is -0.282. The summed E-state index contributed by atoms with van der Waals surface area (Å²) in [4.78, 5) is 11.0. The first kappa shape index (κ1) is 14.9. The van der Waals surface area contributed by atoms with Crippen LogP contribution in [-0.4, -0.2) is 25.6 Å². The van der Waals surface area contributed by atoms with Gasteiger partial charge in [-0.3, -0.25) is 4.79 Å². The van der Waals surface area contributed by atoms with Gasteiger partial charge in [0.05, 0.1) is 6.07 Å². The van der Waals surface area contributed by atoms with Crippen molar-refractivity contribution in [2.24, 2.45) is 11.7 Å². The highest BCUT2D eigenvalue weighted by Crippen LogP contribution is 2.08. The Morgan fingerprint density at radius 1 is 1.50 bits per heavy atom. The summed E-state index contributed by atoms with van der Waals surface area (Å²) in [5.41, 5.74) is 5.08. The lowest BCUT2D eigenvalue weighted by Crippen LogP contribution is -2.50. The first-order chi connectivity index (χ1) is 7.26. The van der Waals surface area contributed by atoms with Crippen LogP contribution in [-0.2, 0) is 14.8 Å². The number of sulfonamides is 1. The zero-order chi connectivity index (χ0) is 12.9. The van der Waals surface area contributed by atoms with Crippen LogP contribution in [0.2, 0.25) is 0 Å². The van der Waals surface area contributed by atoms with E-state index in [1.165, 1.54) is 0 Å². The van der Waals surface area contributed by atoms with E-state index in [1.54, 1.807) is 26.8 Å². The van der Waals surface area contributed by atoms with Crippen molar-refractivity contribution in [1.82, 2.24) is 4.72 Å². The smallest absolute Gasteiger partial charge is 0.235 e. The molecule has 0 saturated heterocycles. The Balaban J connectivity index is 4.95. The monoisotopic (exact) mass is 247 g/mol. The highest BCUT2D eigenvalue weighted by Gasteiger charge is 2.30. The number of amides is 1. The normalized spacial score (nSPS) is 15.4. The lowest BCUT2D eigenvalue weighted by atomic mass is 10.1. The van der Waals surface area contributed by atoms with Gasteiger partial charge in [-0.05, 0) is 12.3 Å². The van der Waals surface area contributed by atoms with E-state index in [0.717, 1.165) is 0 Å². The van der Waals surface area contributed by atoms with Gasteiger partial charge >= 0.3 is 0 Å². The molecule has 1 amide bonds.